The molecule has 2 amide bonds. The Morgan fingerprint density at radius 3 is 2.82 bits per heavy atom. The topological polar surface area (TPSA) is 49.4 Å². The van der Waals surface area contributed by atoms with Crippen molar-refractivity contribution in [2.24, 2.45) is 0 Å². The van der Waals surface area contributed by atoms with Crippen LogP contribution in [0.4, 0.5) is 5.69 Å². The van der Waals surface area contributed by atoms with E-state index in [0.29, 0.717) is 17.8 Å². The van der Waals surface area contributed by atoms with Gasteiger partial charge in [0.2, 0.25) is 5.91 Å². The van der Waals surface area contributed by atoms with Gasteiger partial charge in [0.05, 0.1) is 11.3 Å². The number of nitrogens with zero attached hydrogens (tertiary/aromatic N) is 1. The Morgan fingerprint density at radius 2 is 2.12 bits per heavy atom. The third-order valence-electron chi connectivity index (χ3n) is 2.85. The molecule has 0 saturated heterocycles. The van der Waals surface area contributed by atoms with E-state index in [1.54, 1.807) is 37.3 Å². The summed E-state index contributed by atoms with van der Waals surface area (Å²) in [5.41, 5.74) is 1.09. The number of nitrogens with one attached hydrogen (secondary N) is 1. The average Bonchev–Trinajstić information content (AvgIpc) is 2.42. The van der Waals surface area contributed by atoms with Gasteiger partial charge in [-0.25, -0.2) is 0 Å². The molecule has 1 N–H and O–H groups in total. The molecule has 0 aliphatic carbocycles. The number of rotatable bonds is 2. The summed E-state index contributed by atoms with van der Waals surface area (Å²) in [6.45, 7) is 5.68. The van der Waals surface area contributed by atoms with E-state index in [1.807, 2.05) is 0 Å². The van der Waals surface area contributed by atoms with Crippen LogP contribution < -0.4 is 5.32 Å². The van der Waals surface area contributed by atoms with E-state index in [-0.39, 0.29) is 11.8 Å². The first-order chi connectivity index (χ1) is 8.15. The summed E-state index contributed by atoms with van der Waals surface area (Å²) in [5, 5.41) is 2.76. The van der Waals surface area contributed by atoms with E-state index in [4.69, 9.17) is 0 Å². The lowest BCUT2D eigenvalue weighted by molar-refractivity contribution is -0.119. The van der Waals surface area contributed by atoms with Gasteiger partial charge in [0.1, 0.15) is 6.04 Å². The van der Waals surface area contributed by atoms with Crippen molar-refractivity contribution in [1.29, 1.82) is 0 Å². The molecular formula is C13H14N2O2. The molecule has 4 heteroatoms. The maximum Gasteiger partial charge on any atom is 0.256 e. The van der Waals surface area contributed by atoms with Crippen molar-refractivity contribution < 1.29 is 9.59 Å². The second-order valence-electron chi connectivity index (χ2n) is 3.96. The molecule has 1 unspecified atom stereocenters. The van der Waals surface area contributed by atoms with Gasteiger partial charge < -0.3 is 10.2 Å². The van der Waals surface area contributed by atoms with Crippen molar-refractivity contribution in [3.05, 3.63) is 42.5 Å². The summed E-state index contributed by atoms with van der Waals surface area (Å²) < 4.78 is 0. The molecule has 88 valence electrons. The molecule has 0 saturated carbocycles. The third-order valence-corrected chi connectivity index (χ3v) is 2.85. The van der Waals surface area contributed by atoms with Crippen LogP contribution in [0.15, 0.2) is 36.9 Å². The fourth-order valence-corrected chi connectivity index (χ4v) is 1.87. The Morgan fingerprint density at radius 1 is 1.41 bits per heavy atom. The molecule has 0 spiro atoms. The van der Waals surface area contributed by atoms with Crippen molar-refractivity contribution in [1.82, 2.24) is 4.90 Å². The maximum absolute atomic E-state index is 12.3. The normalized spacial score (nSPS) is 19.4. The molecule has 0 fully saturated rings. The molecular weight excluding hydrogens is 216 g/mol. The lowest BCUT2D eigenvalue weighted by Gasteiger charge is -2.24. The second kappa shape index (κ2) is 4.41. The van der Waals surface area contributed by atoms with Crippen LogP contribution in [0.25, 0.3) is 0 Å². The van der Waals surface area contributed by atoms with Crippen molar-refractivity contribution in [3.63, 3.8) is 0 Å². The van der Waals surface area contributed by atoms with E-state index in [2.05, 4.69) is 11.9 Å². The van der Waals surface area contributed by atoms with E-state index in [1.165, 1.54) is 4.90 Å². The van der Waals surface area contributed by atoms with Gasteiger partial charge in [0.25, 0.3) is 5.91 Å². The van der Waals surface area contributed by atoms with Crippen LogP contribution in [-0.4, -0.2) is 29.3 Å². The van der Waals surface area contributed by atoms with E-state index in [9.17, 15) is 9.59 Å². The molecule has 17 heavy (non-hydrogen) atoms. The molecule has 1 aromatic rings. The molecule has 0 aromatic heterocycles. The van der Waals surface area contributed by atoms with Crippen LogP contribution in [0.1, 0.15) is 17.3 Å². The summed E-state index contributed by atoms with van der Waals surface area (Å²) in [6, 6.07) is 6.53. The molecule has 2 rings (SSSR count). The molecule has 1 atom stereocenters. The first-order valence-electron chi connectivity index (χ1n) is 5.47. The van der Waals surface area contributed by atoms with Gasteiger partial charge in [0, 0.05) is 6.54 Å². The minimum atomic E-state index is -0.493. The van der Waals surface area contributed by atoms with Gasteiger partial charge in [-0.05, 0) is 19.1 Å². The Bertz CT molecular complexity index is 482. The molecule has 1 aliphatic heterocycles. The summed E-state index contributed by atoms with van der Waals surface area (Å²) in [6.07, 6.45) is 1.62. The summed E-state index contributed by atoms with van der Waals surface area (Å²) in [4.78, 5) is 25.6. The third kappa shape index (κ3) is 1.93. The van der Waals surface area contributed by atoms with Gasteiger partial charge in [-0.1, -0.05) is 18.2 Å². The van der Waals surface area contributed by atoms with E-state index >= 15 is 0 Å². The average molecular weight is 230 g/mol. The zero-order valence-electron chi connectivity index (χ0n) is 9.64. The van der Waals surface area contributed by atoms with Crippen molar-refractivity contribution in [2.45, 2.75) is 13.0 Å². The predicted octanol–water partition coefficient (Wildman–Crippen LogP) is 1.66. The van der Waals surface area contributed by atoms with Crippen LogP contribution in [0.2, 0.25) is 0 Å². The van der Waals surface area contributed by atoms with E-state index in [0.717, 1.165) is 0 Å². The lowest BCUT2D eigenvalue weighted by Crippen LogP contribution is -2.43. The summed E-state index contributed by atoms with van der Waals surface area (Å²) in [5.74, 6) is -0.323. The first-order valence-corrected chi connectivity index (χ1v) is 5.47. The summed E-state index contributed by atoms with van der Waals surface area (Å²) in [7, 11) is 0. The van der Waals surface area contributed by atoms with Gasteiger partial charge >= 0.3 is 0 Å². The highest BCUT2D eigenvalue weighted by molar-refractivity contribution is 6.09. The molecule has 1 aliphatic rings. The Balaban J connectivity index is 2.49. The zero-order valence-corrected chi connectivity index (χ0v) is 9.64. The van der Waals surface area contributed by atoms with E-state index < -0.39 is 6.04 Å². The largest absolute Gasteiger partial charge is 0.324 e. The predicted molar refractivity (Wildman–Crippen MR) is 65.8 cm³/mol. The summed E-state index contributed by atoms with van der Waals surface area (Å²) >= 11 is 0. The fourth-order valence-electron chi connectivity index (χ4n) is 1.87. The number of para-hydroxylation sites is 1. The maximum atomic E-state index is 12.3. The highest BCUT2D eigenvalue weighted by atomic mass is 16.2. The number of carbonyl (C=O) groups excluding carboxylic acids is 2. The number of anilines is 1. The number of benzene rings is 1. The first kappa shape index (κ1) is 11.4. The molecule has 1 heterocycles. The minimum Gasteiger partial charge on any atom is -0.324 e. The highest BCUT2D eigenvalue weighted by Crippen LogP contribution is 2.22. The number of hydrogen-bond donors (Lipinski definition) is 1. The van der Waals surface area contributed by atoms with Gasteiger partial charge in [-0.15, -0.1) is 6.58 Å². The lowest BCUT2D eigenvalue weighted by atomic mass is 10.1. The van der Waals surface area contributed by atoms with Crippen molar-refractivity contribution in [3.8, 4) is 0 Å². The minimum absolute atomic E-state index is 0.147. The van der Waals surface area contributed by atoms with Crippen LogP contribution in [-0.2, 0) is 4.79 Å². The van der Waals surface area contributed by atoms with Gasteiger partial charge in [-0.2, -0.15) is 0 Å². The quantitative estimate of drug-likeness (QED) is 0.785. The zero-order chi connectivity index (χ0) is 12.4. The monoisotopic (exact) mass is 230 g/mol. The van der Waals surface area contributed by atoms with Crippen LogP contribution >= 0.6 is 0 Å². The van der Waals surface area contributed by atoms with Crippen LogP contribution in [0, 0.1) is 0 Å². The molecule has 4 nitrogen and oxygen atoms in total. The second-order valence-corrected chi connectivity index (χ2v) is 3.96. The number of hydrogen-bond acceptors (Lipinski definition) is 2. The SMILES string of the molecule is C=CCN1C(=O)c2ccccc2NC(=O)C1C. The van der Waals surface area contributed by atoms with Crippen molar-refractivity contribution in [2.75, 3.05) is 11.9 Å². The van der Waals surface area contributed by atoms with Crippen molar-refractivity contribution >= 4 is 17.5 Å². The van der Waals surface area contributed by atoms with Gasteiger partial charge in [0.15, 0.2) is 0 Å². The Kier molecular flexibility index (Phi) is 2.95. The number of fused-ring (bicyclic) bond motifs is 1. The molecule has 0 bridgehead atoms. The number of amides is 2. The van der Waals surface area contributed by atoms with Crippen LogP contribution in [0.3, 0.4) is 0 Å². The Hall–Kier alpha value is -2.10. The highest BCUT2D eigenvalue weighted by Gasteiger charge is 2.31. The number of carbonyl (C=O) groups is 2. The standard InChI is InChI=1S/C13H14N2O2/c1-3-8-15-9(2)12(16)14-11-7-5-4-6-10(11)13(15)17/h3-7,9H,1,8H2,2H3,(H,14,16). The van der Waals surface area contributed by atoms with Gasteiger partial charge in [-0.3, -0.25) is 9.59 Å². The fraction of sp³-hybridized carbons (Fsp3) is 0.231. The smallest absolute Gasteiger partial charge is 0.256 e. The molecule has 0 radical (unpaired) electrons. The molecule has 1 aromatic carbocycles. The Labute approximate surface area is 99.9 Å². The van der Waals surface area contributed by atoms with Crippen LogP contribution in [0.5, 0.6) is 0 Å².